The zero-order valence-corrected chi connectivity index (χ0v) is 12.6. The molecule has 0 unspecified atom stereocenters. The summed E-state index contributed by atoms with van der Waals surface area (Å²) in [6.07, 6.45) is 0.0898. The second kappa shape index (κ2) is 5.85. The summed E-state index contributed by atoms with van der Waals surface area (Å²) < 4.78 is 14.1. The highest BCUT2D eigenvalue weighted by Gasteiger charge is 2.15. The van der Waals surface area contributed by atoms with E-state index in [4.69, 9.17) is 11.6 Å². The van der Waals surface area contributed by atoms with E-state index < -0.39 is 5.82 Å². The Morgan fingerprint density at radius 1 is 1.32 bits per heavy atom. The smallest absolute Gasteiger partial charge is 0.170 e. The van der Waals surface area contributed by atoms with Crippen LogP contribution in [0.5, 0.6) is 0 Å². The van der Waals surface area contributed by atoms with E-state index in [-0.39, 0.29) is 22.2 Å². The van der Waals surface area contributed by atoms with Gasteiger partial charge in [-0.25, -0.2) is 4.39 Å². The van der Waals surface area contributed by atoms with Crippen LogP contribution in [0.15, 0.2) is 40.9 Å². The van der Waals surface area contributed by atoms with E-state index in [0.717, 1.165) is 5.56 Å². The summed E-state index contributed by atoms with van der Waals surface area (Å²) in [6.45, 7) is 1.92. The first-order valence-electron chi connectivity index (χ1n) is 5.71. The molecule has 0 saturated heterocycles. The molecule has 0 bridgehead atoms. The second-order valence-corrected chi connectivity index (χ2v) is 5.56. The lowest BCUT2D eigenvalue weighted by Gasteiger charge is -2.06. The first kappa shape index (κ1) is 14.2. The van der Waals surface area contributed by atoms with Crippen LogP contribution < -0.4 is 0 Å². The predicted molar refractivity (Wildman–Crippen MR) is 78.3 cm³/mol. The number of rotatable bonds is 3. The van der Waals surface area contributed by atoms with Gasteiger partial charge in [0.2, 0.25) is 0 Å². The molecule has 0 aliphatic carbocycles. The van der Waals surface area contributed by atoms with Crippen LogP contribution in [0.25, 0.3) is 0 Å². The largest absolute Gasteiger partial charge is 0.294 e. The molecule has 0 aromatic heterocycles. The lowest BCUT2D eigenvalue weighted by Crippen LogP contribution is -2.07. The summed E-state index contributed by atoms with van der Waals surface area (Å²) in [7, 11) is 0. The Hall–Kier alpha value is -1.19. The van der Waals surface area contributed by atoms with Crippen molar-refractivity contribution in [2.24, 2.45) is 0 Å². The predicted octanol–water partition coefficient (Wildman–Crippen LogP) is 4.98. The number of carbonyl (C=O) groups is 1. The molecule has 0 saturated carbocycles. The van der Waals surface area contributed by atoms with E-state index in [2.05, 4.69) is 15.9 Å². The zero-order valence-electron chi connectivity index (χ0n) is 10.2. The lowest BCUT2D eigenvalue weighted by atomic mass is 10.0. The minimum atomic E-state index is -0.532. The third kappa shape index (κ3) is 3.23. The fourth-order valence-electron chi connectivity index (χ4n) is 1.78. The molecule has 19 heavy (non-hydrogen) atoms. The Morgan fingerprint density at radius 3 is 2.74 bits per heavy atom. The van der Waals surface area contributed by atoms with E-state index in [1.54, 1.807) is 24.3 Å². The Balaban J connectivity index is 2.28. The summed E-state index contributed by atoms with van der Waals surface area (Å²) in [4.78, 5) is 12.1. The molecule has 0 amide bonds. The van der Waals surface area contributed by atoms with Gasteiger partial charge in [0.25, 0.3) is 0 Å². The Bertz CT molecular complexity index is 640. The molecule has 2 aromatic rings. The highest BCUT2D eigenvalue weighted by atomic mass is 79.9. The van der Waals surface area contributed by atoms with Crippen molar-refractivity contribution in [1.29, 1.82) is 0 Å². The van der Waals surface area contributed by atoms with Gasteiger partial charge in [0.15, 0.2) is 5.78 Å². The SMILES string of the molecule is Cc1ccc(CC(=O)c2cccc(Br)c2F)c(Cl)c1. The van der Waals surface area contributed by atoms with Gasteiger partial charge in [0.1, 0.15) is 5.82 Å². The third-order valence-corrected chi connectivity index (χ3v) is 3.78. The third-order valence-electron chi connectivity index (χ3n) is 2.81. The average Bonchev–Trinajstić information content (AvgIpc) is 2.36. The molecule has 98 valence electrons. The molecule has 4 heteroatoms. The van der Waals surface area contributed by atoms with Gasteiger partial charge in [-0.15, -0.1) is 0 Å². The monoisotopic (exact) mass is 340 g/mol. The van der Waals surface area contributed by atoms with Crippen LogP contribution in [0.4, 0.5) is 4.39 Å². The molecular formula is C15H11BrClFO. The first-order chi connectivity index (χ1) is 8.99. The number of carbonyl (C=O) groups excluding carboxylic acids is 1. The summed E-state index contributed by atoms with van der Waals surface area (Å²) in [5.41, 5.74) is 1.80. The number of hydrogen-bond donors (Lipinski definition) is 0. The molecule has 2 rings (SSSR count). The maximum Gasteiger partial charge on any atom is 0.170 e. The standard InChI is InChI=1S/C15H11BrClFO/c1-9-5-6-10(13(17)7-9)8-14(19)11-3-2-4-12(16)15(11)18/h2-7H,8H2,1H3. The first-order valence-corrected chi connectivity index (χ1v) is 6.88. The summed E-state index contributed by atoms with van der Waals surface area (Å²) in [5, 5.41) is 0.531. The lowest BCUT2D eigenvalue weighted by molar-refractivity contribution is 0.0989. The molecule has 0 aliphatic heterocycles. The van der Waals surface area contributed by atoms with E-state index in [1.165, 1.54) is 6.07 Å². The van der Waals surface area contributed by atoms with E-state index >= 15 is 0 Å². The van der Waals surface area contributed by atoms with Crippen molar-refractivity contribution in [1.82, 2.24) is 0 Å². The van der Waals surface area contributed by atoms with Crippen LogP contribution in [-0.4, -0.2) is 5.78 Å². The Morgan fingerprint density at radius 2 is 2.05 bits per heavy atom. The van der Waals surface area contributed by atoms with Crippen molar-refractivity contribution in [3.05, 3.63) is 68.4 Å². The van der Waals surface area contributed by atoms with Crippen molar-refractivity contribution in [3.63, 3.8) is 0 Å². The molecular weight excluding hydrogens is 331 g/mol. The quantitative estimate of drug-likeness (QED) is 0.720. The van der Waals surface area contributed by atoms with Crippen LogP contribution in [0, 0.1) is 12.7 Å². The Labute approximate surface area is 124 Å². The molecule has 0 atom stereocenters. The zero-order chi connectivity index (χ0) is 14.0. The topological polar surface area (TPSA) is 17.1 Å². The highest BCUT2D eigenvalue weighted by Crippen LogP contribution is 2.23. The van der Waals surface area contributed by atoms with Gasteiger partial charge in [-0.3, -0.25) is 4.79 Å². The maximum absolute atomic E-state index is 13.8. The van der Waals surface area contributed by atoms with Gasteiger partial charge in [-0.05, 0) is 52.2 Å². The fraction of sp³-hybridized carbons (Fsp3) is 0.133. The molecule has 1 nitrogen and oxygen atoms in total. The molecule has 0 aliphatic rings. The van der Waals surface area contributed by atoms with Crippen molar-refractivity contribution in [2.45, 2.75) is 13.3 Å². The highest BCUT2D eigenvalue weighted by molar-refractivity contribution is 9.10. The number of ketones is 1. The molecule has 0 heterocycles. The number of Topliss-reactive ketones (excluding diaryl/α,β-unsaturated/α-hetero) is 1. The number of halogens is 3. The van der Waals surface area contributed by atoms with Crippen LogP contribution >= 0.6 is 27.5 Å². The van der Waals surface area contributed by atoms with Crippen LogP contribution in [-0.2, 0) is 6.42 Å². The van der Waals surface area contributed by atoms with Crippen molar-refractivity contribution >= 4 is 33.3 Å². The summed E-state index contributed by atoms with van der Waals surface area (Å²) in [5.74, 6) is -0.819. The normalized spacial score (nSPS) is 10.5. The van der Waals surface area contributed by atoms with E-state index in [0.29, 0.717) is 10.6 Å². The molecule has 2 aromatic carbocycles. The molecule has 0 radical (unpaired) electrons. The fourth-order valence-corrected chi connectivity index (χ4v) is 2.45. The van der Waals surface area contributed by atoms with Crippen LogP contribution in [0.3, 0.4) is 0 Å². The van der Waals surface area contributed by atoms with E-state index in [1.807, 2.05) is 13.0 Å². The van der Waals surface area contributed by atoms with Crippen LogP contribution in [0.1, 0.15) is 21.5 Å². The van der Waals surface area contributed by atoms with Gasteiger partial charge in [-0.1, -0.05) is 29.8 Å². The van der Waals surface area contributed by atoms with Gasteiger partial charge >= 0.3 is 0 Å². The van der Waals surface area contributed by atoms with Crippen molar-refractivity contribution < 1.29 is 9.18 Å². The van der Waals surface area contributed by atoms with Crippen LogP contribution in [0.2, 0.25) is 5.02 Å². The Kier molecular flexibility index (Phi) is 4.38. The summed E-state index contributed by atoms with van der Waals surface area (Å²) >= 11 is 9.15. The minimum Gasteiger partial charge on any atom is -0.294 e. The molecule has 0 fully saturated rings. The van der Waals surface area contributed by atoms with Gasteiger partial charge < -0.3 is 0 Å². The molecule has 0 spiro atoms. The van der Waals surface area contributed by atoms with Gasteiger partial charge in [-0.2, -0.15) is 0 Å². The van der Waals surface area contributed by atoms with E-state index in [9.17, 15) is 9.18 Å². The second-order valence-electron chi connectivity index (χ2n) is 4.30. The van der Waals surface area contributed by atoms with Gasteiger partial charge in [0, 0.05) is 11.4 Å². The molecule has 0 N–H and O–H groups in total. The summed E-state index contributed by atoms with van der Waals surface area (Å²) in [6, 6.07) is 10.1. The number of aryl methyl sites for hydroxylation is 1. The minimum absolute atomic E-state index is 0.0750. The van der Waals surface area contributed by atoms with Crippen molar-refractivity contribution in [2.75, 3.05) is 0 Å². The number of hydrogen-bond acceptors (Lipinski definition) is 1. The van der Waals surface area contributed by atoms with Crippen molar-refractivity contribution in [3.8, 4) is 0 Å². The van der Waals surface area contributed by atoms with Gasteiger partial charge in [0.05, 0.1) is 10.0 Å². The maximum atomic E-state index is 13.8. The average molecular weight is 342 g/mol. The number of benzene rings is 2.